The number of benzene rings is 10. The first kappa shape index (κ1) is 121. The molecule has 31 nitrogen and oxygen atoms in total. The lowest BCUT2D eigenvalue weighted by molar-refractivity contribution is -0.158. The number of carbonyl (C=O) groups excluding carboxylic acids is 7. The summed E-state index contributed by atoms with van der Waals surface area (Å²) in [6.45, 7) is 21.0. The Balaban J connectivity index is 0.000000429. The lowest BCUT2D eigenvalue weighted by atomic mass is 10.0. The molecule has 2 unspecified atom stereocenters. The minimum absolute atomic E-state index is 0.0116. The summed E-state index contributed by atoms with van der Waals surface area (Å²) in [7, 11) is 15.8. The average Bonchev–Trinajstić information content (AvgIpc) is 0.855. The predicted molar refractivity (Wildman–Crippen MR) is 545 cm³/mol. The van der Waals surface area contributed by atoms with Crippen LogP contribution in [0, 0.1) is 0 Å². The predicted octanol–water partition coefficient (Wildman–Crippen LogP) is 18.5. The Labute approximate surface area is 836 Å². The van der Waals surface area contributed by atoms with E-state index in [4.69, 9.17) is 97.1 Å². The number of phenols is 3. The number of aryl methyl sites for hydroxylation is 3. The molecule has 766 valence electrons. The van der Waals surface area contributed by atoms with Crippen LogP contribution < -0.4 is 68.3 Å². The van der Waals surface area contributed by atoms with Gasteiger partial charge >= 0.3 is 17.9 Å². The van der Waals surface area contributed by atoms with Crippen LogP contribution in [0.4, 0.5) is 0 Å². The van der Waals surface area contributed by atoms with Crippen LogP contribution in [0.25, 0.3) is 6.08 Å². The molecule has 0 aliphatic rings. The third kappa shape index (κ3) is 50.1. The Morgan fingerprint density at radius 1 is 0.369 bits per heavy atom. The van der Waals surface area contributed by atoms with Gasteiger partial charge in [-0.25, -0.2) is 9.59 Å². The van der Waals surface area contributed by atoms with Gasteiger partial charge in [-0.1, -0.05) is 107 Å². The lowest BCUT2D eigenvalue weighted by Gasteiger charge is -2.19. The van der Waals surface area contributed by atoms with Gasteiger partial charge in [-0.3, -0.25) is 24.0 Å². The molecule has 2 atom stereocenters. The number of hydrogen-bond donors (Lipinski definition) is 7. The molecule has 0 aliphatic carbocycles. The summed E-state index contributed by atoms with van der Waals surface area (Å²) in [6.07, 6.45) is 6.03. The molecule has 10 aromatic rings. The van der Waals surface area contributed by atoms with E-state index in [2.05, 4.69) is 15.9 Å². The van der Waals surface area contributed by atoms with Gasteiger partial charge in [0.2, 0.25) is 0 Å². The highest BCUT2D eigenvalue weighted by Crippen LogP contribution is 2.35. The van der Waals surface area contributed by atoms with Crippen molar-refractivity contribution in [2.24, 2.45) is 11.5 Å². The smallest absolute Gasteiger partial charge is 0.344 e. The highest BCUT2D eigenvalue weighted by Gasteiger charge is 2.22. The number of aromatic hydroxyl groups is 3. The first-order valence-corrected chi connectivity index (χ1v) is 46.0. The van der Waals surface area contributed by atoms with E-state index in [9.17, 15) is 54.0 Å². The molecular formula is C109H139BrN2O29. The molecule has 0 spiro atoms. The Morgan fingerprint density at radius 2 is 0.709 bits per heavy atom. The van der Waals surface area contributed by atoms with Crippen molar-refractivity contribution >= 4 is 63.5 Å². The number of phenolic OH excluding ortho intramolecular Hbond substituents is 3. The van der Waals surface area contributed by atoms with Crippen LogP contribution in [-0.2, 0) is 57.3 Å². The molecule has 10 rings (SSSR count). The normalized spacial score (nSPS) is 11.0. The van der Waals surface area contributed by atoms with Crippen molar-refractivity contribution in [3.63, 3.8) is 0 Å². The van der Waals surface area contributed by atoms with Gasteiger partial charge in [-0.2, -0.15) is 0 Å². The van der Waals surface area contributed by atoms with Gasteiger partial charge < -0.3 is 118 Å². The van der Waals surface area contributed by atoms with E-state index >= 15 is 0 Å². The number of halogens is 1. The average molecular weight is 2020 g/mol. The molecule has 0 fully saturated rings. The van der Waals surface area contributed by atoms with Crippen molar-refractivity contribution < 1.29 is 140 Å². The second kappa shape index (κ2) is 66.0. The number of Topliss-reactive ketones (excluding diaryl/α,β-unsaturated/α-hetero) is 2. The highest BCUT2D eigenvalue weighted by atomic mass is 79.9. The number of rotatable bonds is 41. The molecule has 0 saturated carbocycles. The summed E-state index contributed by atoms with van der Waals surface area (Å²) in [5.41, 5.74) is 16.3. The molecule has 0 aliphatic heterocycles. The Bertz CT molecular complexity index is 5460. The van der Waals surface area contributed by atoms with Crippen molar-refractivity contribution in [3.05, 3.63) is 274 Å². The standard InChI is InChI=1S/C23H30O6.C23H28O6.C17H20O4.C17H16O4.C9H10O3.C8H8O2.C6H11BrO2.C6H16N2O2/c2*1-23(2,3)29-22(25)15-28-18-8-6-7-17(14-18)19(24)11-9-16-10-12-20(26-4)21(13-16)27-5;2*1-20-16-9-7-12(10-17(16)21-2)6-8-15(19)13-4-3-5-14(18)11-13;1-11-8-4-3-7(6-10)5-9(8)12-2;1-6(9)7-3-2-4-8(10)5-7;1-6(2,3)9-5(8)4-7;7-1-3-9-5-6-10-4-2-8/h6-8,10,12-14,19,24H,9,11,15H2,1-5H3;6-8,10,12-14H,9,11,15H2,1-5H3;3-5,7,9-11,15,18-19H,6,8H2,1-2H3;3-11,18H,1-2H3;3-6H,1-2H3;2-5,10H,1H3;4H2,1-3H3;1-8H2/b;;;8-6+;;;;. The fraction of sp³-hybridized carbons (Fsp3) is 0.367. The first-order chi connectivity index (χ1) is 67.1. The lowest BCUT2D eigenvalue weighted by Crippen LogP contribution is -2.27. The van der Waals surface area contributed by atoms with Crippen LogP contribution in [0.2, 0.25) is 0 Å². The first-order valence-electron chi connectivity index (χ1n) is 44.8. The maximum absolute atomic E-state index is 12.6. The van der Waals surface area contributed by atoms with Crippen LogP contribution in [0.3, 0.4) is 0 Å². The van der Waals surface area contributed by atoms with E-state index in [-0.39, 0.29) is 64.7 Å². The number of allylic oxidation sites excluding steroid dienone is 1. The molecular weight excluding hydrogens is 1880 g/mol. The van der Waals surface area contributed by atoms with E-state index in [1.54, 1.807) is 233 Å². The van der Waals surface area contributed by atoms with Crippen LogP contribution in [0.5, 0.6) is 86.2 Å². The van der Waals surface area contributed by atoms with Crippen molar-refractivity contribution in [3.8, 4) is 86.2 Å². The third-order valence-electron chi connectivity index (χ3n) is 18.8. The van der Waals surface area contributed by atoms with E-state index in [1.165, 1.54) is 44.4 Å². The number of esters is 3. The number of alkyl halides is 1. The van der Waals surface area contributed by atoms with Crippen molar-refractivity contribution in [2.45, 2.75) is 137 Å². The van der Waals surface area contributed by atoms with Gasteiger partial charge in [0.15, 0.2) is 88.1 Å². The topological polar surface area (TPSA) is 430 Å². The molecule has 0 aromatic heterocycles. The van der Waals surface area contributed by atoms with Crippen LogP contribution in [0.1, 0.15) is 176 Å². The number of carbonyl (C=O) groups is 7. The van der Waals surface area contributed by atoms with E-state index in [0.29, 0.717) is 169 Å². The number of aliphatic hydroxyl groups is 2. The summed E-state index contributed by atoms with van der Waals surface area (Å²) in [6, 6.07) is 60.6. The maximum atomic E-state index is 12.6. The number of ether oxygens (including phenoxy) is 17. The third-order valence-corrected chi connectivity index (χ3v) is 19.2. The van der Waals surface area contributed by atoms with Gasteiger partial charge in [0.1, 0.15) is 57.2 Å². The van der Waals surface area contributed by atoms with Crippen molar-refractivity contribution in [1.82, 2.24) is 0 Å². The number of aldehydes is 1. The molecule has 32 heteroatoms. The highest BCUT2D eigenvalue weighted by molar-refractivity contribution is 9.09. The van der Waals surface area contributed by atoms with E-state index in [0.717, 1.165) is 39.7 Å². The summed E-state index contributed by atoms with van der Waals surface area (Å²) in [4.78, 5) is 79.8. The quantitative estimate of drug-likeness (QED) is 0.00356. The zero-order valence-corrected chi connectivity index (χ0v) is 85.9. The largest absolute Gasteiger partial charge is 0.508 e. The van der Waals surface area contributed by atoms with Crippen LogP contribution in [0.15, 0.2) is 218 Å². The molecule has 0 heterocycles. The molecule has 0 radical (unpaired) electrons. The summed E-state index contributed by atoms with van der Waals surface area (Å²) in [5, 5.41) is 48.7. The number of hydrogen-bond acceptors (Lipinski definition) is 31. The number of ketones is 3. The minimum atomic E-state index is -0.659. The minimum Gasteiger partial charge on any atom is -0.508 e. The zero-order chi connectivity index (χ0) is 105. The van der Waals surface area contributed by atoms with Crippen LogP contribution >= 0.6 is 15.9 Å². The van der Waals surface area contributed by atoms with Gasteiger partial charge in [-0.15, -0.1) is 0 Å². The van der Waals surface area contributed by atoms with Crippen molar-refractivity contribution in [2.75, 3.05) is 129 Å². The van der Waals surface area contributed by atoms with Gasteiger partial charge in [0.25, 0.3) is 0 Å². The van der Waals surface area contributed by atoms with Gasteiger partial charge in [0, 0.05) is 41.8 Å². The number of nitrogens with two attached hydrogens (primary N) is 2. The zero-order valence-electron chi connectivity index (χ0n) is 84.3. The molecule has 10 aromatic carbocycles. The monoisotopic (exact) mass is 2020 g/mol. The van der Waals surface area contributed by atoms with Gasteiger partial charge in [-0.05, 0) is 268 Å². The Morgan fingerprint density at radius 3 is 1.09 bits per heavy atom. The SMILES string of the molecule is CC(=O)c1cccc(O)c1.CC(C)(C)OC(=O)CBr.COc1ccc(/C=C/C(=O)c2cccc(O)c2)cc1OC.COc1ccc(C=O)cc1OC.COc1ccc(CCC(=O)c2cccc(OCC(=O)OC(C)(C)C)c2)cc1OC.COc1ccc(CCC(O)c2cccc(O)c2)cc1OC.COc1ccc(CCC(O)c2cccc(OCC(=O)OC(C)(C)C)c2)cc1OC.NCCOCCOCCN. The Hall–Kier alpha value is -13.7. The molecule has 0 bridgehead atoms. The molecule has 0 amide bonds. The van der Waals surface area contributed by atoms with E-state index < -0.39 is 35.3 Å². The maximum Gasteiger partial charge on any atom is 0.344 e. The Kier molecular flexibility index (Phi) is 56.8. The molecule has 141 heavy (non-hydrogen) atoms. The summed E-state index contributed by atoms with van der Waals surface area (Å²) in [5.74, 6) is 6.43. The number of aliphatic hydroxyl groups excluding tert-OH is 2. The summed E-state index contributed by atoms with van der Waals surface area (Å²) >= 11 is 2.99. The summed E-state index contributed by atoms with van der Waals surface area (Å²) < 4.78 is 88.3. The molecule has 9 N–H and O–H groups in total. The fourth-order valence-corrected chi connectivity index (χ4v) is 12.3. The number of methoxy groups -OCH3 is 10. The molecule has 0 saturated heterocycles. The van der Waals surface area contributed by atoms with Crippen molar-refractivity contribution in [1.29, 1.82) is 0 Å². The van der Waals surface area contributed by atoms with E-state index in [1.807, 2.05) is 87.5 Å². The second-order valence-corrected chi connectivity index (χ2v) is 33.8. The van der Waals surface area contributed by atoms with Crippen LogP contribution in [-0.4, -0.2) is 213 Å². The van der Waals surface area contributed by atoms with Gasteiger partial charge in [0.05, 0.1) is 110 Å². The second-order valence-electron chi connectivity index (χ2n) is 33.3. The fourth-order valence-electron chi connectivity index (χ4n) is 12.2.